The van der Waals surface area contributed by atoms with Gasteiger partial charge in [0.2, 0.25) is 0 Å². The topological polar surface area (TPSA) is 35.2 Å². The van der Waals surface area contributed by atoms with Gasteiger partial charge in [0.1, 0.15) is 5.60 Å². The zero-order valence-corrected chi connectivity index (χ0v) is 8.38. The molecule has 1 saturated carbocycles. The van der Waals surface area contributed by atoms with Crippen molar-refractivity contribution in [1.29, 1.82) is 0 Å². The Morgan fingerprint density at radius 2 is 1.92 bits per heavy atom. The number of rotatable bonds is 2. The maximum Gasteiger partial charge on any atom is 0.109 e. The first-order valence-corrected chi connectivity index (χ1v) is 4.16. The average Bonchev–Trinajstić information content (AvgIpc) is 2.80. The molecule has 0 saturated heterocycles. The highest BCUT2D eigenvalue weighted by molar-refractivity contribution is 5.85. The van der Waals surface area contributed by atoms with Crippen molar-refractivity contribution in [2.24, 2.45) is 5.73 Å². The maximum absolute atomic E-state index is 5.82. The van der Waals surface area contributed by atoms with Crippen LogP contribution >= 0.6 is 12.4 Å². The largest absolute Gasteiger partial charge is 0.372 e. The molecule has 0 bridgehead atoms. The van der Waals surface area contributed by atoms with E-state index in [4.69, 9.17) is 10.5 Å². The van der Waals surface area contributed by atoms with Gasteiger partial charge in [0.05, 0.1) is 0 Å². The first-order valence-electron chi connectivity index (χ1n) is 4.16. The van der Waals surface area contributed by atoms with Crippen LogP contribution in [0.25, 0.3) is 0 Å². The first kappa shape index (κ1) is 10.5. The summed E-state index contributed by atoms with van der Waals surface area (Å²) in [5.74, 6) is 0. The van der Waals surface area contributed by atoms with Gasteiger partial charge in [-0.3, -0.25) is 0 Å². The number of hydrogen-bond acceptors (Lipinski definition) is 2. The standard InChI is InChI=1S/C10H13NO.ClH/c1-12-10(7-9(10)11)8-5-3-2-4-6-8;/h2-6,9H,7,11H2,1H3;1H. The van der Waals surface area contributed by atoms with Gasteiger partial charge in [-0.25, -0.2) is 0 Å². The van der Waals surface area contributed by atoms with E-state index in [9.17, 15) is 0 Å². The van der Waals surface area contributed by atoms with Gasteiger partial charge in [-0.05, 0) is 5.56 Å². The molecule has 2 nitrogen and oxygen atoms in total. The summed E-state index contributed by atoms with van der Waals surface area (Å²) in [5.41, 5.74) is 6.83. The van der Waals surface area contributed by atoms with Crippen molar-refractivity contribution in [2.45, 2.75) is 18.1 Å². The van der Waals surface area contributed by atoms with Crippen molar-refractivity contribution in [3.05, 3.63) is 35.9 Å². The molecule has 3 heteroatoms. The molecule has 13 heavy (non-hydrogen) atoms. The van der Waals surface area contributed by atoms with Gasteiger partial charge in [0.25, 0.3) is 0 Å². The van der Waals surface area contributed by atoms with Crippen LogP contribution in [-0.4, -0.2) is 13.2 Å². The van der Waals surface area contributed by atoms with Crippen molar-refractivity contribution < 1.29 is 4.74 Å². The van der Waals surface area contributed by atoms with E-state index in [2.05, 4.69) is 12.1 Å². The average molecular weight is 200 g/mol. The van der Waals surface area contributed by atoms with E-state index < -0.39 is 0 Å². The number of ether oxygens (including phenoxy) is 1. The van der Waals surface area contributed by atoms with Gasteiger partial charge in [-0.15, -0.1) is 12.4 Å². The molecule has 1 aromatic rings. The molecule has 2 atom stereocenters. The molecule has 0 amide bonds. The molecule has 0 aromatic heterocycles. The summed E-state index contributed by atoms with van der Waals surface area (Å²) >= 11 is 0. The van der Waals surface area contributed by atoms with Crippen LogP contribution in [-0.2, 0) is 10.3 Å². The fraction of sp³-hybridized carbons (Fsp3) is 0.400. The van der Waals surface area contributed by atoms with E-state index in [1.807, 2.05) is 18.2 Å². The second-order valence-corrected chi connectivity index (χ2v) is 3.27. The van der Waals surface area contributed by atoms with Gasteiger partial charge in [0, 0.05) is 19.6 Å². The molecule has 1 aliphatic rings. The molecule has 0 spiro atoms. The molecule has 2 N–H and O–H groups in total. The molecule has 2 unspecified atom stereocenters. The lowest BCUT2D eigenvalue weighted by Crippen LogP contribution is -2.20. The van der Waals surface area contributed by atoms with E-state index in [1.54, 1.807) is 7.11 Å². The fourth-order valence-corrected chi connectivity index (χ4v) is 1.67. The SMILES string of the molecule is COC1(c2ccccc2)CC1N.Cl. The normalized spacial score (nSPS) is 30.8. The highest BCUT2D eigenvalue weighted by atomic mass is 35.5. The van der Waals surface area contributed by atoms with E-state index in [-0.39, 0.29) is 24.0 Å². The summed E-state index contributed by atoms with van der Waals surface area (Å²) in [4.78, 5) is 0. The van der Waals surface area contributed by atoms with E-state index in [0.29, 0.717) is 0 Å². The van der Waals surface area contributed by atoms with Gasteiger partial charge < -0.3 is 10.5 Å². The van der Waals surface area contributed by atoms with E-state index in [1.165, 1.54) is 5.56 Å². The summed E-state index contributed by atoms with van der Waals surface area (Å²) in [6.07, 6.45) is 0.938. The van der Waals surface area contributed by atoms with Crippen LogP contribution in [0.1, 0.15) is 12.0 Å². The predicted octanol–water partition coefficient (Wildman–Crippen LogP) is 1.68. The second-order valence-electron chi connectivity index (χ2n) is 3.27. The lowest BCUT2D eigenvalue weighted by molar-refractivity contribution is 0.0736. The van der Waals surface area contributed by atoms with Crippen LogP contribution < -0.4 is 5.73 Å². The molecule has 1 aliphatic carbocycles. The smallest absolute Gasteiger partial charge is 0.109 e. The summed E-state index contributed by atoms with van der Waals surface area (Å²) in [5, 5.41) is 0. The van der Waals surface area contributed by atoms with E-state index in [0.717, 1.165) is 6.42 Å². The Hall–Kier alpha value is -0.570. The third kappa shape index (κ3) is 1.57. The number of nitrogens with two attached hydrogens (primary N) is 1. The Labute approximate surface area is 84.5 Å². The van der Waals surface area contributed by atoms with Crippen LogP contribution in [0.3, 0.4) is 0 Å². The molecular formula is C10H14ClNO. The van der Waals surface area contributed by atoms with Crippen LogP contribution in [0.15, 0.2) is 30.3 Å². The van der Waals surface area contributed by atoms with Crippen molar-refractivity contribution >= 4 is 12.4 Å². The highest BCUT2D eigenvalue weighted by Crippen LogP contribution is 2.47. The monoisotopic (exact) mass is 199 g/mol. The Kier molecular flexibility index (Phi) is 2.96. The molecule has 1 fully saturated rings. The Morgan fingerprint density at radius 3 is 2.31 bits per heavy atom. The maximum atomic E-state index is 5.82. The molecule has 72 valence electrons. The zero-order chi connectivity index (χ0) is 8.60. The number of halogens is 1. The van der Waals surface area contributed by atoms with Crippen LogP contribution in [0, 0.1) is 0 Å². The van der Waals surface area contributed by atoms with Gasteiger partial charge >= 0.3 is 0 Å². The fourth-order valence-electron chi connectivity index (χ4n) is 1.67. The lowest BCUT2D eigenvalue weighted by atomic mass is 10.1. The Bertz CT molecular complexity index is 274. The third-order valence-electron chi connectivity index (χ3n) is 2.59. The van der Waals surface area contributed by atoms with Gasteiger partial charge in [0.15, 0.2) is 0 Å². The summed E-state index contributed by atoms with van der Waals surface area (Å²) in [6.45, 7) is 0. The zero-order valence-electron chi connectivity index (χ0n) is 7.57. The molecule has 1 aromatic carbocycles. The third-order valence-corrected chi connectivity index (χ3v) is 2.59. The highest BCUT2D eigenvalue weighted by Gasteiger charge is 2.53. The molecular weight excluding hydrogens is 186 g/mol. The van der Waals surface area contributed by atoms with Crippen LogP contribution in [0.5, 0.6) is 0 Å². The second kappa shape index (κ2) is 3.66. The predicted molar refractivity (Wildman–Crippen MR) is 55.0 cm³/mol. The Balaban J connectivity index is 0.000000845. The summed E-state index contributed by atoms with van der Waals surface area (Å²) in [6, 6.07) is 10.3. The van der Waals surface area contributed by atoms with Crippen LogP contribution in [0.4, 0.5) is 0 Å². The lowest BCUT2D eigenvalue weighted by Gasteiger charge is -2.14. The molecule has 0 aliphatic heterocycles. The van der Waals surface area contributed by atoms with Gasteiger partial charge in [-0.1, -0.05) is 30.3 Å². The number of methoxy groups -OCH3 is 1. The van der Waals surface area contributed by atoms with Crippen molar-refractivity contribution in [3.8, 4) is 0 Å². The molecule has 2 rings (SSSR count). The number of hydrogen-bond donors (Lipinski definition) is 1. The summed E-state index contributed by atoms with van der Waals surface area (Å²) < 4.78 is 5.42. The Morgan fingerprint density at radius 1 is 1.38 bits per heavy atom. The molecule has 0 heterocycles. The molecule has 0 radical (unpaired) electrons. The minimum absolute atomic E-state index is 0. The van der Waals surface area contributed by atoms with E-state index >= 15 is 0 Å². The van der Waals surface area contributed by atoms with Gasteiger partial charge in [-0.2, -0.15) is 0 Å². The first-order chi connectivity index (χ1) is 5.79. The van der Waals surface area contributed by atoms with Crippen LogP contribution in [0.2, 0.25) is 0 Å². The minimum Gasteiger partial charge on any atom is -0.372 e. The number of benzene rings is 1. The quantitative estimate of drug-likeness (QED) is 0.787. The van der Waals surface area contributed by atoms with Crippen molar-refractivity contribution in [1.82, 2.24) is 0 Å². The summed E-state index contributed by atoms with van der Waals surface area (Å²) in [7, 11) is 1.72. The van der Waals surface area contributed by atoms with Crippen molar-refractivity contribution in [3.63, 3.8) is 0 Å². The minimum atomic E-state index is -0.179. The van der Waals surface area contributed by atoms with Crippen molar-refractivity contribution in [2.75, 3.05) is 7.11 Å².